The molecule has 4 nitrogen and oxygen atoms in total. The Labute approximate surface area is 85.8 Å². The number of carbonyl (C=O) groups excluding carboxylic acids is 1. The third-order valence-corrected chi connectivity index (χ3v) is 3.22. The molecule has 1 heterocycles. The third-order valence-electron chi connectivity index (χ3n) is 3.22. The fourth-order valence-electron chi connectivity index (χ4n) is 1.85. The van der Waals surface area contributed by atoms with Gasteiger partial charge in [-0.05, 0) is 25.8 Å². The van der Waals surface area contributed by atoms with E-state index in [4.69, 9.17) is 5.73 Å². The largest absolute Gasteiger partial charge is 0.358 e. The molecular formula is C10H21N3O. The molecule has 4 heteroatoms. The molecule has 14 heavy (non-hydrogen) atoms. The van der Waals surface area contributed by atoms with Crippen LogP contribution in [0.4, 0.5) is 0 Å². The molecule has 82 valence electrons. The summed E-state index contributed by atoms with van der Waals surface area (Å²) in [6.45, 7) is 5.91. The average molecular weight is 199 g/mol. The molecule has 1 aliphatic heterocycles. The number of nitrogens with two attached hydrogens (primary N) is 1. The summed E-state index contributed by atoms with van der Waals surface area (Å²) in [6, 6.07) is 0.148. The molecule has 1 rings (SSSR count). The van der Waals surface area contributed by atoms with Gasteiger partial charge in [0.15, 0.2) is 0 Å². The summed E-state index contributed by atoms with van der Waals surface area (Å²) >= 11 is 0. The van der Waals surface area contributed by atoms with Crippen LogP contribution in [0.25, 0.3) is 0 Å². The van der Waals surface area contributed by atoms with Crippen LogP contribution in [0.15, 0.2) is 0 Å². The number of piperidine rings is 1. The molecule has 0 bridgehead atoms. The number of likely N-dealkylation sites (N-methyl/N-ethyl adjacent to an activating group) is 1. The predicted molar refractivity (Wildman–Crippen MR) is 56.9 cm³/mol. The molecule has 0 radical (unpaired) electrons. The van der Waals surface area contributed by atoms with Crippen molar-refractivity contribution in [3.05, 3.63) is 0 Å². The highest BCUT2D eigenvalue weighted by atomic mass is 16.2. The van der Waals surface area contributed by atoms with Crippen LogP contribution < -0.4 is 11.1 Å². The van der Waals surface area contributed by atoms with E-state index < -0.39 is 0 Å². The van der Waals surface area contributed by atoms with Crippen molar-refractivity contribution < 1.29 is 4.79 Å². The fourth-order valence-corrected chi connectivity index (χ4v) is 1.85. The van der Waals surface area contributed by atoms with Crippen molar-refractivity contribution in [2.24, 2.45) is 11.7 Å². The predicted octanol–water partition coefficient (Wildman–Crippen LogP) is -0.210. The van der Waals surface area contributed by atoms with Crippen LogP contribution in [0.1, 0.15) is 20.3 Å². The Kier molecular flexibility index (Phi) is 3.89. The maximum atomic E-state index is 11.4. The second-order valence-electron chi connectivity index (χ2n) is 4.21. The van der Waals surface area contributed by atoms with Crippen molar-refractivity contribution in [2.45, 2.75) is 32.4 Å². The molecular weight excluding hydrogens is 178 g/mol. The second kappa shape index (κ2) is 4.75. The van der Waals surface area contributed by atoms with Gasteiger partial charge in [-0.3, -0.25) is 9.69 Å². The van der Waals surface area contributed by atoms with Crippen LogP contribution in [-0.4, -0.2) is 43.0 Å². The van der Waals surface area contributed by atoms with Crippen molar-refractivity contribution >= 4 is 5.91 Å². The van der Waals surface area contributed by atoms with Crippen LogP contribution in [0.2, 0.25) is 0 Å². The van der Waals surface area contributed by atoms with Crippen molar-refractivity contribution in [2.75, 3.05) is 20.1 Å². The van der Waals surface area contributed by atoms with Crippen molar-refractivity contribution in [1.29, 1.82) is 0 Å². The standard InChI is InChI=1S/C10H21N3O/c1-7-4-5-13(6-9(7)11)8(2)10(14)12-3/h7-9H,4-6,11H2,1-3H3,(H,12,14). The fraction of sp³-hybridized carbons (Fsp3) is 0.900. The van der Waals surface area contributed by atoms with Crippen molar-refractivity contribution in [3.8, 4) is 0 Å². The van der Waals surface area contributed by atoms with Gasteiger partial charge in [0.2, 0.25) is 5.91 Å². The van der Waals surface area contributed by atoms with Gasteiger partial charge in [-0.15, -0.1) is 0 Å². The van der Waals surface area contributed by atoms with E-state index >= 15 is 0 Å². The van der Waals surface area contributed by atoms with Gasteiger partial charge in [0, 0.05) is 19.6 Å². The highest BCUT2D eigenvalue weighted by molar-refractivity contribution is 5.80. The van der Waals surface area contributed by atoms with Crippen LogP contribution in [0, 0.1) is 5.92 Å². The first-order valence-corrected chi connectivity index (χ1v) is 5.27. The maximum absolute atomic E-state index is 11.4. The highest BCUT2D eigenvalue weighted by Gasteiger charge is 2.28. The minimum atomic E-state index is -0.0569. The molecule has 1 saturated heterocycles. The van der Waals surface area contributed by atoms with Crippen LogP contribution in [0.5, 0.6) is 0 Å². The van der Waals surface area contributed by atoms with Gasteiger partial charge in [0.05, 0.1) is 6.04 Å². The molecule has 1 amide bonds. The molecule has 0 spiro atoms. The highest BCUT2D eigenvalue weighted by Crippen LogP contribution is 2.17. The summed E-state index contributed by atoms with van der Waals surface area (Å²) in [4.78, 5) is 13.6. The third kappa shape index (κ3) is 2.45. The van der Waals surface area contributed by atoms with Crippen molar-refractivity contribution in [3.63, 3.8) is 0 Å². The molecule has 0 aliphatic carbocycles. The lowest BCUT2D eigenvalue weighted by atomic mass is 9.93. The normalized spacial score (nSPS) is 31.1. The minimum absolute atomic E-state index is 0.0569. The number of hydrogen-bond acceptors (Lipinski definition) is 3. The summed E-state index contributed by atoms with van der Waals surface area (Å²) in [5.74, 6) is 0.648. The van der Waals surface area contributed by atoms with E-state index in [0.717, 1.165) is 19.5 Å². The van der Waals surface area contributed by atoms with E-state index in [1.807, 2.05) is 6.92 Å². The number of hydrogen-bond donors (Lipinski definition) is 2. The summed E-state index contributed by atoms with van der Waals surface area (Å²) < 4.78 is 0. The Morgan fingerprint density at radius 1 is 1.64 bits per heavy atom. The first kappa shape index (κ1) is 11.5. The molecule has 0 aromatic carbocycles. The zero-order valence-corrected chi connectivity index (χ0v) is 9.29. The quantitative estimate of drug-likeness (QED) is 0.647. The molecule has 0 saturated carbocycles. The zero-order chi connectivity index (χ0) is 10.7. The smallest absolute Gasteiger partial charge is 0.236 e. The van der Waals surface area contributed by atoms with E-state index in [0.29, 0.717) is 5.92 Å². The summed E-state index contributed by atoms with van der Waals surface area (Å²) in [5, 5.41) is 2.67. The monoisotopic (exact) mass is 199 g/mol. The van der Waals surface area contributed by atoms with E-state index in [1.165, 1.54) is 0 Å². The minimum Gasteiger partial charge on any atom is -0.358 e. The molecule has 1 aliphatic rings. The number of rotatable bonds is 2. The Balaban J connectivity index is 2.50. The van der Waals surface area contributed by atoms with Crippen molar-refractivity contribution in [1.82, 2.24) is 10.2 Å². The SMILES string of the molecule is CNC(=O)C(C)N1CCC(C)C(N)C1. The molecule has 1 fully saturated rings. The number of nitrogens with zero attached hydrogens (tertiary/aromatic N) is 1. The molecule has 3 unspecified atom stereocenters. The van der Waals surface area contributed by atoms with Gasteiger partial charge >= 0.3 is 0 Å². The average Bonchev–Trinajstić information content (AvgIpc) is 2.20. The number of nitrogens with one attached hydrogen (secondary N) is 1. The van der Waals surface area contributed by atoms with Gasteiger partial charge in [-0.2, -0.15) is 0 Å². The van der Waals surface area contributed by atoms with E-state index in [1.54, 1.807) is 7.05 Å². The van der Waals surface area contributed by atoms with Gasteiger partial charge in [0.25, 0.3) is 0 Å². The summed E-state index contributed by atoms with van der Waals surface area (Å²) in [6.07, 6.45) is 1.09. The van der Waals surface area contributed by atoms with Gasteiger partial charge in [0.1, 0.15) is 0 Å². The lowest BCUT2D eigenvalue weighted by Crippen LogP contribution is -2.54. The number of amides is 1. The van der Waals surface area contributed by atoms with Crippen LogP contribution in [-0.2, 0) is 4.79 Å². The summed E-state index contributed by atoms with van der Waals surface area (Å²) in [7, 11) is 1.67. The lowest BCUT2D eigenvalue weighted by molar-refractivity contribution is -0.126. The van der Waals surface area contributed by atoms with E-state index in [9.17, 15) is 4.79 Å². The Morgan fingerprint density at radius 2 is 2.29 bits per heavy atom. The van der Waals surface area contributed by atoms with Gasteiger partial charge < -0.3 is 11.1 Å². The summed E-state index contributed by atoms with van der Waals surface area (Å²) in [5.41, 5.74) is 5.97. The number of likely N-dealkylation sites (tertiary alicyclic amines) is 1. The van der Waals surface area contributed by atoms with Crippen LogP contribution in [0.3, 0.4) is 0 Å². The van der Waals surface area contributed by atoms with Crippen LogP contribution >= 0.6 is 0 Å². The van der Waals surface area contributed by atoms with Gasteiger partial charge in [-0.1, -0.05) is 6.92 Å². The number of carbonyl (C=O) groups is 1. The Hall–Kier alpha value is -0.610. The second-order valence-corrected chi connectivity index (χ2v) is 4.21. The first-order chi connectivity index (χ1) is 6.56. The van der Waals surface area contributed by atoms with E-state index in [-0.39, 0.29) is 18.0 Å². The zero-order valence-electron chi connectivity index (χ0n) is 9.29. The van der Waals surface area contributed by atoms with Gasteiger partial charge in [-0.25, -0.2) is 0 Å². The molecule has 3 N–H and O–H groups in total. The Bertz CT molecular complexity index is 208. The molecule has 3 atom stereocenters. The molecule has 0 aromatic heterocycles. The lowest BCUT2D eigenvalue weighted by Gasteiger charge is -2.37. The van der Waals surface area contributed by atoms with E-state index in [2.05, 4.69) is 17.1 Å². The Morgan fingerprint density at radius 3 is 2.79 bits per heavy atom. The maximum Gasteiger partial charge on any atom is 0.236 e. The topological polar surface area (TPSA) is 58.4 Å². The first-order valence-electron chi connectivity index (χ1n) is 5.27. The molecule has 0 aromatic rings.